The van der Waals surface area contributed by atoms with E-state index in [4.69, 9.17) is 0 Å². The average Bonchev–Trinajstić information content (AvgIpc) is 3.16. The molecule has 6 nitrogen and oxygen atoms in total. The van der Waals surface area contributed by atoms with Crippen LogP contribution in [-0.4, -0.2) is 43.7 Å². The second-order valence-corrected chi connectivity index (χ2v) is 10.2. The summed E-state index contributed by atoms with van der Waals surface area (Å²) in [5.41, 5.74) is 4.22. The molecule has 0 saturated carbocycles. The lowest BCUT2D eigenvalue weighted by atomic mass is 9.89. The zero-order valence-corrected chi connectivity index (χ0v) is 17.9. The summed E-state index contributed by atoms with van der Waals surface area (Å²) in [4.78, 5) is 17.8. The van der Waals surface area contributed by atoms with Crippen molar-refractivity contribution in [3.63, 3.8) is 0 Å². The van der Waals surface area contributed by atoms with E-state index in [9.17, 15) is 13.2 Å². The van der Waals surface area contributed by atoms with E-state index in [1.807, 2.05) is 23.1 Å². The number of sulfone groups is 1. The topological polar surface area (TPSA) is 82.3 Å². The Balaban J connectivity index is 1.28. The van der Waals surface area contributed by atoms with E-state index < -0.39 is 9.84 Å². The van der Waals surface area contributed by atoms with Gasteiger partial charge in [0.15, 0.2) is 9.84 Å². The van der Waals surface area contributed by atoms with Crippen LogP contribution in [0.5, 0.6) is 0 Å². The number of H-pyrrole nitrogens is 1. The van der Waals surface area contributed by atoms with Gasteiger partial charge in [-0.1, -0.05) is 42.5 Å². The fourth-order valence-corrected chi connectivity index (χ4v) is 4.97. The highest BCUT2D eigenvalue weighted by Crippen LogP contribution is 2.33. The van der Waals surface area contributed by atoms with Crippen molar-refractivity contribution in [2.45, 2.75) is 31.1 Å². The van der Waals surface area contributed by atoms with Crippen molar-refractivity contribution in [3.05, 3.63) is 71.4 Å². The van der Waals surface area contributed by atoms with Crippen LogP contribution in [0, 0.1) is 0 Å². The molecule has 0 aliphatic carbocycles. The van der Waals surface area contributed by atoms with Crippen LogP contribution in [-0.2, 0) is 22.1 Å². The number of para-hydroxylation sites is 1. The van der Waals surface area contributed by atoms with Crippen molar-refractivity contribution in [2.24, 2.45) is 0 Å². The van der Waals surface area contributed by atoms with Crippen LogP contribution < -0.4 is 5.32 Å². The van der Waals surface area contributed by atoms with Crippen molar-refractivity contribution in [2.75, 3.05) is 19.3 Å². The molecule has 2 aromatic carbocycles. The first-order valence-electron chi connectivity index (χ1n) is 10.2. The number of nitrogens with zero attached hydrogens (tertiary/aromatic N) is 1. The molecule has 0 atom stereocenters. The van der Waals surface area contributed by atoms with Gasteiger partial charge in [-0.25, -0.2) is 13.2 Å². The van der Waals surface area contributed by atoms with Gasteiger partial charge in [0.05, 0.1) is 5.75 Å². The molecule has 2 N–H and O–H groups in total. The normalized spacial score (nSPS) is 15.4. The van der Waals surface area contributed by atoms with E-state index in [1.54, 1.807) is 12.1 Å². The summed E-state index contributed by atoms with van der Waals surface area (Å²) in [5, 5.41) is 4.26. The molecular weight excluding hydrogens is 398 g/mol. The standard InChI is InChI=1S/C23H27N3O3S/c1-30(28,29)16-18-8-6-17(7-9-18)14-25-23(27)26-12-10-19(11-13-26)21-15-24-22-5-3-2-4-20(21)22/h2-9,15,19,24H,10-14,16H2,1H3,(H,25,27). The molecule has 1 saturated heterocycles. The van der Waals surface area contributed by atoms with Gasteiger partial charge in [-0.15, -0.1) is 0 Å². The number of aromatic nitrogens is 1. The zero-order valence-electron chi connectivity index (χ0n) is 17.1. The summed E-state index contributed by atoms with van der Waals surface area (Å²) < 4.78 is 22.7. The maximum atomic E-state index is 12.6. The number of hydrogen-bond donors (Lipinski definition) is 2. The van der Waals surface area contributed by atoms with Crippen molar-refractivity contribution in [1.29, 1.82) is 0 Å². The Morgan fingerprint density at radius 3 is 2.43 bits per heavy atom. The maximum absolute atomic E-state index is 12.6. The molecule has 158 valence electrons. The van der Waals surface area contributed by atoms with Crippen LogP contribution >= 0.6 is 0 Å². The number of nitrogens with one attached hydrogen (secondary N) is 2. The predicted octanol–water partition coefficient (Wildman–Crippen LogP) is 3.80. The van der Waals surface area contributed by atoms with Crippen molar-refractivity contribution >= 4 is 26.8 Å². The van der Waals surface area contributed by atoms with Gasteiger partial charge < -0.3 is 15.2 Å². The molecule has 1 aliphatic rings. The number of amides is 2. The van der Waals surface area contributed by atoms with Gasteiger partial charge >= 0.3 is 6.03 Å². The minimum Gasteiger partial charge on any atom is -0.361 e. The second-order valence-electron chi connectivity index (χ2n) is 8.10. The molecule has 1 aliphatic heterocycles. The van der Waals surface area contributed by atoms with E-state index in [1.165, 1.54) is 17.2 Å². The Labute approximate surface area is 177 Å². The number of piperidine rings is 1. The van der Waals surface area contributed by atoms with Gasteiger partial charge in [-0.05, 0) is 41.5 Å². The summed E-state index contributed by atoms with van der Waals surface area (Å²) in [5.74, 6) is 0.498. The van der Waals surface area contributed by atoms with Crippen LogP contribution in [0.4, 0.5) is 4.79 Å². The van der Waals surface area contributed by atoms with Crippen molar-refractivity contribution in [3.8, 4) is 0 Å². The number of fused-ring (bicyclic) bond motifs is 1. The molecule has 0 unspecified atom stereocenters. The fraction of sp³-hybridized carbons (Fsp3) is 0.348. The van der Waals surface area contributed by atoms with Gasteiger partial charge in [0.25, 0.3) is 0 Å². The summed E-state index contributed by atoms with van der Waals surface area (Å²) in [7, 11) is -3.04. The Morgan fingerprint density at radius 1 is 1.07 bits per heavy atom. The minimum absolute atomic E-state index is 0.0328. The monoisotopic (exact) mass is 425 g/mol. The number of urea groups is 1. The number of likely N-dealkylation sites (tertiary alicyclic amines) is 1. The summed E-state index contributed by atoms with van der Waals surface area (Å²) in [6.07, 6.45) is 5.24. The Morgan fingerprint density at radius 2 is 1.73 bits per heavy atom. The molecule has 7 heteroatoms. The van der Waals surface area contributed by atoms with Crippen LogP contribution in [0.2, 0.25) is 0 Å². The smallest absolute Gasteiger partial charge is 0.317 e. The summed E-state index contributed by atoms with van der Waals surface area (Å²) >= 11 is 0. The van der Waals surface area contributed by atoms with E-state index in [0.717, 1.165) is 42.6 Å². The third-order valence-electron chi connectivity index (χ3n) is 5.74. The lowest BCUT2D eigenvalue weighted by Crippen LogP contribution is -2.43. The fourth-order valence-electron chi connectivity index (χ4n) is 4.17. The lowest BCUT2D eigenvalue weighted by Gasteiger charge is -2.32. The van der Waals surface area contributed by atoms with Crippen LogP contribution in [0.15, 0.2) is 54.7 Å². The lowest BCUT2D eigenvalue weighted by molar-refractivity contribution is 0.181. The van der Waals surface area contributed by atoms with E-state index in [2.05, 4.69) is 34.7 Å². The molecule has 0 bridgehead atoms. The molecule has 2 amide bonds. The number of aromatic amines is 1. The minimum atomic E-state index is -3.04. The summed E-state index contributed by atoms with van der Waals surface area (Å²) in [6, 6.07) is 15.6. The number of hydrogen-bond acceptors (Lipinski definition) is 3. The third-order valence-corrected chi connectivity index (χ3v) is 6.60. The predicted molar refractivity (Wildman–Crippen MR) is 119 cm³/mol. The number of carbonyl (C=O) groups excluding carboxylic acids is 1. The van der Waals surface area contributed by atoms with Gasteiger partial charge in [0.1, 0.15) is 0 Å². The second kappa shape index (κ2) is 8.52. The molecule has 1 fully saturated rings. The Bertz CT molecular complexity index is 1130. The first-order valence-corrected chi connectivity index (χ1v) is 12.3. The van der Waals surface area contributed by atoms with E-state index in [-0.39, 0.29) is 11.8 Å². The molecular formula is C23H27N3O3S. The van der Waals surface area contributed by atoms with Crippen molar-refractivity contribution < 1.29 is 13.2 Å². The highest BCUT2D eigenvalue weighted by Gasteiger charge is 2.25. The SMILES string of the molecule is CS(=O)(=O)Cc1ccc(CNC(=O)N2CCC(c3c[nH]c4ccccc34)CC2)cc1. The quantitative estimate of drug-likeness (QED) is 0.652. The zero-order chi connectivity index (χ0) is 21.1. The molecule has 4 rings (SSSR count). The molecule has 0 radical (unpaired) electrons. The number of benzene rings is 2. The van der Waals surface area contributed by atoms with Gasteiger partial charge in [0.2, 0.25) is 0 Å². The number of carbonyl (C=O) groups is 1. The van der Waals surface area contributed by atoms with Crippen LogP contribution in [0.25, 0.3) is 10.9 Å². The largest absolute Gasteiger partial charge is 0.361 e. The Kier molecular flexibility index (Phi) is 5.81. The van der Waals surface area contributed by atoms with Gasteiger partial charge in [0, 0.05) is 43.0 Å². The molecule has 1 aromatic heterocycles. The number of rotatable bonds is 5. The van der Waals surface area contributed by atoms with E-state index in [0.29, 0.717) is 12.5 Å². The maximum Gasteiger partial charge on any atom is 0.317 e. The summed E-state index contributed by atoms with van der Waals surface area (Å²) in [6.45, 7) is 1.91. The molecule has 30 heavy (non-hydrogen) atoms. The molecule has 3 aromatic rings. The van der Waals surface area contributed by atoms with E-state index >= 15 is 0 Å². The third kappa shape index (κ3) is 4.84. The Hall–Kier alpha value is -2.80. The van der Waals surface area contributed by atoms with Crippen LogP contribution in [0.1, 0.15) is 35.4 Å². The van der Waals surface area contributed by atoms with Crippen LogP contribution in [0.3, 0.4) is 0 Å². The highest BCUT2D eigenvalue weighted by atomic mass is 32.2. The molecule has 0 spiro atoms. The first kappa shape index (κ1) is 20.5. The first-order chi connectivity index (χ1) is 14.4. The van der Waals surface area contributed by atoms with Gasteiger partial charge in [-0.3, -0.25) is 0 Å². The van der Waals surface area contributed by atoms with Crippen molar-refractivity contribution in [1.82, 2.24) is 15.2 Å². The van der Waals surface area contributed by atoms with Gasteiger partial charge in [-0.2, -0.15) is 0 Å². The molecule has 2 heterocycles. The average molecular weight is 426 g/mol. The highest BCUT2D eigenvalue weighted by molar-refractivity contribution is 7.89.